The maximum absolute atomic E-state index is 6.35. The van der Waals surface area contributed by atoms with Crippen molar-refractivity contribution in [2.45, 2.75) is 0 Å². The molecule has 0 saturated carbocycles. The molecule has 0 fully saturated rings. The van der Waals surface area contributed by atoms with Crippen LogP contribution in [0.5, 0.6) is 0 Å². The van der Waals surface area contributed by atoms with Crippen LogP contribution in [0.2, 0.25) is 0 Å². The van der Waals surface area contributed by atoms with E-state index in [9.17, 15) is 0 Å². The Bertz CT molecular complexity index is 2440. The summed E-state index contributed by atoms with van der Waals surface area (Å²) in [6.07, 6.45) is 0. The molecule has 0 aliphatic heterocycles. The zero-order chi connectivity index (χ0) is 28.3. The number of hydrogen-bond acceptors (Lipinski definition) is 1. The van der Waals surface area contributed by atoms with E-state index in [2.05, 4.69) is 146 Å². The number of furan rings is 1. The van der Waals surface area contributed by atoms with E-state index in [1.54, 1.807) is 0 Å². The Morgan fingerprint density at radius 3 is 1.63 bits per heavy atom. The van der Waals surface area contributed by atoms with Gasteiger partial charge < -0.3 is 4.42 Å². The maximum Gasteiger partial charge on any atom is 0.136 e. The molecule has 8 aromatic carbocycles. The monoisotopic (exact) mass is 546 g/mol. The lowest BCUT2D eigenvalue weighted by molar-refractivity contribution is 0.669. The fourth-order valence-electron chi connectivity index (χ4n) is 6.93. The zero-order valence-corrected chi connectivity index (χ0v) is 23.4. The molecule has 0 spiro atoms. The Labute approximate surface area is 249 Å². The molecule has 0 atom stereocenters. The number of para-hydroxylation sites is 1. The first-order valence-corrected chi connectivity index (χ1v) is 14.8. The van der Waals surface area contributed by atoms with Crippen molar-refractivity contribution in [3.63, 3.8) is 0 Å². The van der Waals surface area contributed by atoms with Gasteiger partial charge >= 0.3 is 0 Å². The molecule has 9 aromatic rings. The van der Waals surface area contributed by atoms with E-state index in [4.69, 9.17) is 4.42 Å². The second-order valence-electron chi connectivity index (χ2n) is 11.3. The van der Waals surface area contributed by atoms with E-state index in [0.29, 0.717) is 0 Å². The van der Waals surface area contributed by atoms with Gasteiger partial charge in [-0.3, -0.25) is 0 Å². The third-order valence-corrected chi connectivity index (χ3v) is 8.84. The highest BCUT2D eigenvalue weighted by Crippen LogP contribution is 2.46. The molecular weight excluding hydrogens is 520 g/mol. The molecule has 0 aliphatic carbocycles. The van der Waals surface area contributed by atoms with Crippen molar-refractivity contribution in [1.82, 2.24) is 0 Å². The van der Waals surface area contributed by atoms with E-state index < -0.39 is 0 Å². The van der Waals surface area contributed by atoms with Crippen molar-refractivity contribution in [2.24, 2.45) is 0 Å². The van der Waals surface area contributed by atoms with Gasteiger partial charge in [-0.2, -0.15) is 0 Å². The van der Waals surface area contributed by atoms with Gasteiger partial charge in [-0.1, -0.05) is 133 Å². The first kappa shape index (κ1) is 24.0. The minimum absolute atomic E-state index is 0.920. The Morgan fingerprint density at radius 1 is 0.302 bits per heavy atom. The minimum atomic E-state index is 0.920. The summed E-state index contributed by atoms with van der Waals surface area (Å²) in [6.45, 7) is 0. The van der Waals surface area contributed by atoms with Crippen molar-refractivity contribution < 1.29 is 4.42 Å². The normalized spacial score (nSPS) is 11.7. The number of benzene rings is 8. The van der Waals surface area contributed by atoms with E-state index in [0.717, 1.165) is 21.9 Å². The van der Waals surface area contributed by atoms with Crippen LogP contribution in [0.3, 0.4) is 0 Å². The van der Waals surface area contributed by atoms with Crippen LogP contribution < -0.4 is 0 Å². The van der Waals surface area contributed by atoms with Gasteiger partial charge in [-0.25, -0.2) is 0 Å². The molecule has 0 amide bonds. The molecule has 0 bridgehead atoms. The van der Waals surface area contributed by atoms with Crippen LogP contribution in [0.4, 0.5) is 0 Å². The van der Waals surface area contributed by atoms with Gasteiger partial charge in [-0.05, 0) is 90.0 Å². The van der Waals surface area contributed by atoms with Crippen LogP contribution in [-0.4, -0.2) is 0 Å². The first-order chi connectivity index (χ1) is 21.3. The first-order valence-electron chi connectivity index (χ1n) is 14.8. The van der Waals surface area contributed by atoms with Crippen LogP contribution in [0.15, 0.2) is 162 Å². The lowest BCUT2D eigenvalue weighted by atomic mass is 9.84. The van der Waals surface area contributed by atoms with E-state index in [1.165, 1.54) is 65.7 Å². The van der Waals surface area contributed by atoms with E-state index in [-0.39, 0.29) is 0 Å². The molecule has 1 aromatic heterocycles. The highest BCUT2D eigenvalue weighted by atomic mass is 16.3. The van der Waals surface area contributed by atoms with E-state index >= 15 is 0 Å². The van der Waals surface area contributed by atoms with Gasteiger partial charge in [0.15, 0.2) is 0 Å². The van der Waals surface area contributed by atoms with Gasteiger partial charge in [0.05, 0.1) is 0 Å². The fraction of sp³-hybridized carbons (Fsp3) is 0. The van der Waals surface area contributed by atoms with Gasteiger partial charge in [-0.15, -0.1) is 0 Å². The second-order valence-corrected chi connectivity index (χ2v) is 11.3. The van der Waals surface area contributed by atoms with Crippen molar-refractivity contribution in [2.75, 3.05) is 0 Å². The summed E-state index contributed by atoms with van der Waals surface area (Å²) in [6, 6.07) is 56.8. The summed E-state index contributed by atoms with van der Waals surface area (Å²) in [7, 11) is 0. The van der Waals surface area contributed by atoms with Crippen LogP contribution in [-0.2, 0) is 0 Å². The average molecular weight is 547 g/mol. The number of rotatable bonds is 3. The summed E-state index contributed by atoms with van der Waals surface area (Å²) in [4.78, 5) is 0. The van der Waals surface area contributed by atoms with Crippen molar-refractivity contribution in [3.05, 3.63) is 158 Å². The second kappa shape index (κ2) is 9.44. The highest BCUT2D eigenvalue weighted by Gasteiger charge is 2.19. The summed E-state index contributed by atoms with van der Waals surface area (Å²) in [5.41, 5.74) is 9.26. The fourth-order valence-corrected chi connectivity index (χ4v) is 6.93. The van der Waals surface area contributed by atoms with Crippen LogP contribution in [0.1, 0.15) is 0 Å². The summed E-state index contributed by atoms with van der Waals surface area (Å²) in [5.74, 6) is 0. The smallest absolute Gasteiger partial charge is 0.136 e. The van der Waals surface area contributed by atoms with Crippen LogP contribution >= 0.6 is 0 Å². The molecule has 0 saturated heterocycles. The van der Waals surface area contributed by atoms with Gasteiger partial charge in [0, 0.05) is 10.8 Å². The third-order valence-electron chi connectivity index (χ3n) is 8.84. The largest absolute Gasteiger partial charge is 0.456 e. The Kier molecular flexibility index (Phi) is 5.27. The van der Waals surface area contributed by atoms with E-state index in [1.807, 2.05) is 12.1 Å². The molecule has 0 radical (unpaired) electrons. The lowest BCUT2D eigenvalue weighted by Gasteiger charge is -2.19. The summed E-state index contributed by atoms with van der Waals surface area (Å²) < 4.78 is 6.35. The van der Waals surface area contributed by atoms with Gasteiger partial charge in [0.1, 0.15) is 11.2 Å². The maximum atomic E-state index is 6.35. The summed E-state index contributed by atoms with van der Waals surface area (Å²) in [5, 5.41) is 9.72. The molecule has 1 heterocycles. The predicted octanol–water partition coefficient (Wildman–Crippen LogP) is 12.0. The third kappa shape index (κ3) is 3.72. The van der Waals surface area contributed by atoms with Crippen molar-refractivity contribution >= 4 is 54.3 Å². The topological polar surface area (TPSA) is 13.1 Å². The molecule has 9 rings (SSSR count). The van der Waals surface area contributed by atoms with Gasteiger partial charge in [0.25, 0.3) is 0 Å². The zero-order valence-electron chi connectivity index (χ0n) is 23.4. The van der Waals surface area contributed by atoms with Crippen LogP contribution in [0.25, 0.3) is 87.6 Å². The molecule has 200 valence electrons. The Morgan fingerprint density at radius 2 is 0.884 bits per heavy atom. The minimum Gasteiger partial charge on any atom is -0.456 e. The molecule has 43 heavy (non-hydrogen) atoms. The van der Waals surface area contributed by atoms with Crippen LogP contribution in [0, 0.1) is 0 Å². The lowest BCUT2D eigenvalue weighted by Crippen LogP contribution is -1.92. The quantitative estimate of drug-likeness (QED) is 0.201. The molecule has 0 aliphatic rings. The molecule has 0 unspecified atom stereocenters. The number of fused-ring (bicyclic) bond motifs is 6. The van der Waals surface area contributed by atoms with Crippen molar-refractivity contribution in [1.29, 1.82) is 0 Å². The van der Waals surface area contributed by atoms with Gasteiger partial charge in [0.2, 0.25) is 0 Å². The highest BCUT2D eigenvalue weighted by molar-refractivity contribution is 6.24. The molecule has 0 N–H and O–H groups in total. The standard InChI is InChI=1S/C42H26O/c1-2-12-27(13-3-1)28-14-10-16-30(24-28)41-32-18-4-6-20-34(32)42(35-21-7-5-19-33(35)41)36-22-11-15-29-25-38-31-17-8-9-23-39(31)43-40(38)26-37(29)36/h1-26H. The SMILES string of the molecule is c1ccc(-c2cccc(-c3c4ccccc4c(-c4cccc5cc6c(cc45)oc4ccccc46)c4ccccc34)c2)cc1. The number of hydrogen-bond donors (Lipinski definition) is 0. The Hall–Kier alpha value is -5.66. The molecule has 1 heteroatoms. The Balaban J connectivity index is 1.36. The predicted molar refractivity (Wildman–Crippen MR) is 183 cm³/mol. The summed E-state index contributed by atoms with van der Waals surface area (Å²) >= 11 is 0. The van der Waals surface area contributed by atoms with Crippen molar-refractivity contribution in [3.8, 4) is 33.4 Å². The molecule has 1 nitrogen and oxygen atoms in total. The molecular formula is C42H26O. The average Bonchev–Trinajstić information content (AvgIpc) is 3.44.